The Kier molecular flexibility index (Phi) is 4.40. The minimum atomic E-state index is -0.813. The zero-order valence-electron chi connectivity index (χ0n) is 11.0. The molecule has 0 spiro atoms. The largest absolute Gasteiger partial charge is 0.477 e. The lowest BCUT2D eigenvalue weighted by molar-refractivity contribution is 0.0701. The van der Waals surface area contributed by atoms with Crippen LogP contribution in [-0.4, -0.2) is 17.1 Å². The Hall–Kier alpha value is -0.870. The van der Waals surface area contributed by atoms with E-state index in [1.54, 1.807) is 0 Å². The van der Waals surface area contributed by atoms with Gasteiger partial charge in [-0.05, 0) is 48.1 Å². The van der Waals surface area contributed by atoms with Crippen LogP contribution < -0.4 is 5.32 Å². The maximum absolute atomic E-state index is 11.0. The fraction of sp³-hybridized carbons (Fsp3) is 0.643. The van der Waals surface area contributed by atoms with Gasteiger partial charge in [-0.2, -0.15) is 0 Å². The van der Waals surface area contributed by atoms with Crippen molar-refractivity contribution >= 4 is 17.3 Å². The van der Waals surface area contributed by atoms with Gasteiger partial charge >= 0.3 is 5.97 Å². The molecule has 1 fully saturated rings. The SMILES string of the molecule is CC1CCC(NCc2ccsc2C(=O)O)C(C)C1. The van der Waals surface area contributed by atoms with Crippen molar-refractivity contribution in [2.75, 3.05) is 0 Å². The van der Waals surface area contributed by atoms with Crippen molar-refractivity contribution in [3.8, 4) is 0 Å². The molecule has 0 aromatic carbocycles. The Morgan fingerprint density at radius 2 is 2.28 bits per heavy atom. The minimum Gasteiger partial charge on any atom is -0.477 e. The number of nitrogens with one attached hydrogen (secondary N) is 1. The highest BCUT2D eigenvalue weighted by Crippen LogP contribution is 2.29. The number of hydrogen-bond donors (Lipinski definition) is 2. The summed E-state index contributed by atoms with van der Waals surface area (Å²) < 4.78 is 0. The number of thiophene rings is 1. The monoisotopic (exact) mass is 267 g/mol. The lowest BCUT2D eigenvalue weighted by Gasteiger charge is -2.33. The number of carboxylic acids is 1. The summed E-state index contributed by atoms with van der Waals surface area (Å²) in [6, 6.07) is 2.44. The van der Waals surface area contributed by atoms with Crippen LogP contribution in [0.15, 0.2) is 11.4 Å². The summed E-state index contributed by atoms with van der Waals surface area (Å²) in [6.07, 6.45) is 3.75. The highest BCUT2D eigenvalue weighted by molar-refractivity contribution is 7.12. The van der Waals surface area contributed by atoms with Gasteiger partial charge in [0.25, 0.3) is 0 Å². The van der Waals surface area contributed by atoms with Gasteiger partial charge in [0.2, 0.25) is 0 Å². The Morgan fingerprint density at radius 1 is 1.50 bits per heavy atom. The van der Waals surface area contributed by atoms with Crippen LogP contribution in [0.2, 0.25) is 0 Å². The second-order valence-corrected chi connectivity index (χ2v) is 6.38. The van der Waals surface area contributed by atoms with E-state index in [-0.39, 0.29) is 0 Å². The summed E-state index contributed by atoms with van der Waals surface area (Å²) in [6.45, 7) is 5.28. The summed E-state index contributed by atoms with van der Waals surface area (Å²) >= 11 is 1.31. The molecule has 0 saturated heterocycles. The van der Waals surface area contributed by atoms with E-state index in [1.807, 2.05) is 11.4 Å². The molecule has 2 rings (SSSR count). The molecule has 3 nitrogen and oxygen atoms in total. The van der Waals surface area contributed by atoms with E-state index in [9.17, 15) is 4.79 Å². The number of carboxylic acid groups (broad SMARTS) is 1. The fourth-order valence-corrected chi connectivity index (χ4v) is 3.63. The molecule has 1 saturated carbocycles. The molecule has 18 heavy (non-hydrogen) atoms. The minimum absolute atomic E-state index is 0.472. The molecule has 1 aliphatic rings. The van der Waals surface area contributed by atoms with Gasteiger partial charge in [-0.3, -0.25) is 0 Å². The third-order valence-corrected chi connectivity index (χ3v) is 4.87. The van der Waals surface area contributed by atoms with Crippen molar-refractivity contribution in [3.63, 3.8) is 0 Å². The highest BCUT2D eigenvalue weighted by atomic mass is 32.1. The van der Waals surface area contributed by atoms with E-state index in [2.05, 4.69) is 19.2 Å². The van der Waals surface area contributed by atoms with E-state index < -0.39 is 5.97 Å². The lowest BCUT2D eigenvalue weighted by Crippen LogP contribution is -2.38. The molecule has 1 aliphatic carbocycles. The van der Waals surface area contributed by atoms with Gasteiger partial charge in [0, 0.05) is 12.6 Å². The third kappa shape index (κ3) is 3.12. The lowest BCUT2D eigenvalue weighted by atomic mass is 9.80. The first-order valence-corrected chi connectivity index (χ1v) is 7.49. The summed E-state index contributed by atoms with van der Waals surface area (Å²) in [5.41, 5.74) is 0.915. The average Bonchev–Trinajstić information content (AvgIpc) is 2.76. The van der Waals surface area contributed by atoms with Crippen LogP contribution in [0.1, 0.15) is 48.3 Å². The number of carbonyl (C=O) groups is 1. The Morgan fingerprint density at radius 3 is 2.94 bits per heavy atom. The van der Waals surface area contributed by atoms with Gasteiger partial charge in [0.15, 0.2) is 0 Å². The topological polar surface area (TPSA) is 49.3 Å². The standard InChI is InChI=1S/C14H21NO2S/c1-9-3-4-12(10(2)7-9)15-8-11-5-6-18-13(11)14(16)17/h5-6,9-10,12,15H,3-4,7-8H2,1-2H3,(H,16,17). The van der Waals surface area contributed by atoms with E-state index in [4.69, 9.17) is 5.11 Å². The fourth-order valence-electron chi connectivity index (χ4n) is 2.87. The van der Waals surface area contributed by atoms with E-state index in [0.717, 1.165) is 11.5 Å². The third-order valence-electron chi connectivity index (χ3n) is 3.93. The van der Waals surface area contributed by atoms with Crippen molar-refractivity contribution in [1.82, 2.24) is 5.32 Å². The zero-order chi connectivity index (χ0) is 13.1. The molecule has 1 heterocycles. The molecule has 0 bridgehead atoms. The molecule has 100 valence electrons. The molecule has 1 aromatic heterocycles. The number of hydrogen-bond acceptors (Lipinski definition) is 3. The van der Waals surface area contributed by atoms with Gasteiger partial charge in [-0.15, -0.1) is 11.3 Å². The van der Waals surface area contributed by atoms with Gasteiger partial charge in [-0.25, -0.2) is 4.79 Å². The molecule has 3 atom stereocenters. The Balaban J connectivity index is 1.91. The summed E-state index contributed by atoms with van der Waals surface area (Å²) in [5, 5.41) is 14.4. The maximum atomic E-state index is 11.0. The van der Waals surface area contributed by atoms with Gasteiger partial charge < -0.3 is 10.4 Å². The predicted molar refractivity (Wildman–Crippen MR) is 74.1 cm³/mol. The molecule has 0 radical (unpaired) electrons. The molecule has 0 aliphatic heterocycles. The van der Waals surface area contributed by atoms with Crippen molar-refractivity contribution < 1.29 is 9.90 Å². The van der Waals surface area contributed by atoms with Gasteiger partial charge in [0.1, 0.15) is 4.88 Å². The van der Waals surface area contributed by atoms with Crippen LogP contribution in [-0.2, 0) is 6.54 Å². The summed E-state index contributed by atoms with van der Waals surface area (Å²) in [5.74, 6) is 0.696. The van der Waals surface area contributed by atoms with Crippen LogP contribution in [0.3, 0.4) is 0 Å². The molecule has 0 amide bonds. The first-order chi connectivity index (χ1) is 8.58. The van der Waals surface area contributed by atoms with Crippen LogP contribution in [0.5, 0.6) is 0 Å². The Bertz CT molecular complexity index is 416. The van der Waals surface area contributed by atoms with E-state index in [0.29, 0.717) is 23.4 Å². The first-order valence-electron chi connectivity index (χ1n) is 6.61. The molecular formula is C14H21NO2S. The van der Waals surface area contributed by atoms with Crippen LogP contribution in [0.4, 0.5) is 0 Å². The predicted octanol–water partition coefficient (Wildman–Crippen LogP) is 3.36. The van der Waals surface area contributed by atoms with Gasteiger partial charge in [0.05, 0.1) is 0 Å². The maximum Gasteiger partial charge on any atom is 0.346 e. The van der Waals surface area contributed by atoms with Crippen molar-refractivity contribution in [2.24, 2.45) is 11.8 Å². The second kappa shape index (κ2) is 5.85. The van der Waals surface area contributed by atoms with Crippen LogP contribution >= 0.6 is 11.3 Å². The van der Waals surface area contributed by atoms with E-state index >= 15 is 0 Å². The normalized spacial score (nSPS) is 28.2. The Labute approximate surface area is 112 Å². The average molecular weight is 267 g/mol. The number of rotatable bonds is 4. The summed E-state index contributed by atoms with van der Waals surface area (Å²) in [4.78, 5) is 11.5. The van der Waals surface area contributed by atoms with Crippen molar-refractivity contribution in [2.45, 2.75) is 45.7 Å². The highest BCUT2D eigenvalue weighted by Gasteiger charge is 2.25. The van der Waals surface area contributed by atoms with Crippen molar-refractivity contribution in [3.05, 3.63) is 21.9 Å². The molecule has 2 N–H and O–H groups in total. The molecular weight excluding hydrogens is 246 g/mol. The van der Waals surface area contributed by atoms with Crippen LogP contribution in [0, 0.1) is 11.8 Å². The molecule has 4 heteroatoms. The van der Waals surface area contributed by atoms with Crippen molar-refractivity contribution in [1.29, 1.82) is 0 Å². The second-order valence-electron chi connectivity index (χ2n) is 5.46. The number of aromatic carboxylic acids is 1. The summed E-state index contributed by atoms with van der Waals surface area (Å²) in [7, 11) is 0. The quantitative estimate of drug-likeness (QED) is 0.879. The molecule has 3 unspecified atom stereocenters. The zero-order valence-corrected chi connectivity index (χ0v) is 11.8. The van der Waals surface area contributed by atoms with Gasteiger partial charge in [-0.1, -0.05) is 13.8 Å². The molecule has 1 aromatic rings. The van der Waals surface area contributed by atoms with Crippen LogP contribution in [0.25, 0.3) is 0 Å². The smallest absolute Gasteiger partial charge is 0.346 e. The van der Waals surface area contributed by atoms with E-state index in [1.165, 1.54) is 30.6 Å². The first kappa shape index (κ1) is 13.6.